The summed E-state index contributed by atoms with van der Waals surface area (Å²) in [5, 5.41) is 42.7. The monoisotopic (exact) mass is 364 g/mol. The Balaban J connectivity index is 2.31. The molecule has 0 aliphatic carbocycles. The fourth-order valence-electron chi connectivity index (χ4n) is 2.30. The molecular weight excluding hydrogens is 348 g/mol. The van der Waals surface area contributed by atoms with Crippen molar-refractivity contribution in [2.24, 2.45) is 0 Å². The number of hydrogen-bond acceptors (Lipinski definition) is 9. The number of rotatable bonds is 4. The number of hydrogen-bond donors (Lipinski definition) is 5. The molecule has 2 rings (SSSR count). The van der Waals surface area contributed by atoms with Gasteiger partial charge >= 0.3 is 10.1 Å². The first-order valence-corrected chi connectivity index (χ1v) is 8.18. The van der Waals surface area contributed by atoms with Crippen LogP contribution in [0.1, 0.15) is 6.92 Å². The molecule has 0 bridgehead atoms. The van der Waals surface area contributed by atoms with E-state index in [2.05, 4.69) is 5.32 Å². The summed E-state index contributed by atoms with van der Waals surface area (Å²) in [4.78, 5) is 9.10. The normalized spacial score (nSPS) is 30.8. The summed E-state index contributed by atoms with van der Waals surface area (Å²) in [6.45, 7) is 1.46. The van der Waals surface area contributed by atoms with Gasteiger partial charge in [0.2, 0.25) is 0 Å². The predicted molar refractivity (Wildman–Crippen MR) is 78.9 cm³/mol. The quantitative estimate of drug-likeness (QED) is 0.255. The van der Waals surface area contributed by atoms with E-state index in [1.165, 1.54) is 6.92 Å². The molecule has 0 amide bonds. The summed E-state index contributed by atoms with van der Waals surface area (Å²) >= 11 is 0. The molecule has 5 N–H and O–H groups in total. The average Bonchev–Trinajstić information content (AvgIpc) is 2.49. The number of nitrogens with zero attached hydrogens (tertiary/aromatic N) is 1. The maximum Gasteiger partial charge on any atom is 0.301 e. The molecule has 134 valence electrons. The van der Waals surface area contributed by atoms with Gasteiger partial charge in [0.15, 0.2) is 11.1 Å². The molecular formula is C12H16N2O9S. The Morgan fingerprint density at radius 2 is 1.83 bits per heavy atom. The second kappa shape index (κ2) is 6.58. The van der Waals surface area contributed by atoms with Gasteiger partial charge in [-0.1, -0.05) is 0 Å². The van der Waals surface area contributed by atoms with E-state index in [0.29, 0.717) is 0 Å². The predicted octanol–water partition coefficient (Wildman–Crippen LogP) is -0.919. The summed E-state index contributed by atoms with van der Waals surface area (Å²) in [6, 6.07) is 2.77. The van der Waals surface area contributed by atoms with Crippen LogP contribution in [-0.4, -0.2) is 63.9 Å². The van der Waals surface area contributed by atoms with E-state index in [1.54, 1.807) is 0 Å². The molecule has 5 atom stereocenters. The molecule has 0 radical (unpaired) electrons. The van der Waals surface area contributed by atoms with Gasteiger partial charge in [-0.3, -0.25) is 14.7 Å². The third-order valence-corrected chi connectivity index (χ3v) is 4.50. The Bertz CT molecular complexity index is 738. The number of aliphatic hydroxyl groups is 3. The molecule has 0 aromatic heterocycles. The highest BCUT2D eigenvalue weighted by molar-refractivity contribution is 7.86. The van der Waals surface area contributed by atoms with E-state index in [4.69, 9.17) is 9.29 Å². The minimum absolute atomic E-state index is 0.00828. The largest absolute Gasteiger partial charge is 0.388 e. The zero-order chi connectivity index (χ0) is 18.2. The number of benzene rings is 1. The van der Waals surface area contributed by atoms with Crippen molar-refractivity contribution < 1.29 is 38.0 Å². The van der Waals surface area contributed by atoms with Crippen molar-refractivity contribution in [2.45, 2.75) is 42.5 Å². The number of nitro groups is 1. The molecule has 1 fully saturated rings. The van der Waals surface area contributed by atoms with Crippen LogP contribution in [0.3, 0.4) is 0 Å². The van der Waals surface area contributed by atoms with Crippen LogP contribution in [0.5, 0.6) is 0 Å². The van der Waals surface area contributed by atoms with Crippen molar-refractivity contribution in [1.29, 1.82) is 0 Å². The number of nitrogens with one attached hydrogen (secondary N) is 1. The van der Waals surface area contributed by atoms with Crippen molar-refractivity contribution in [3.63, 3.8) is 0 Å². The van der Waals surface area contributed by atoms with Crippen LogP contribution in [0.25, 0.3) is 0 Å². The highest BCUT2D eigenvalue weighted by Crippen LogP contribution is 2.29. The van der Waals surface area contributed by atoms with Gasteiger partial charge in [0.25, 0.3) is 5.69 Å². The molecule has 11 nitrogen and oxygen atoms in total. The SMILES string of the molecule is CC1OC(Nc2ccc(S(=O)(=O)O)c([N+](=O)[O-])c2)C(O)C(O)C1O. The van der Waals surface area contributed by atoms with Crippen LogP contribution in [0.2, 0.25) is 0 Å². The van der Waals surface area contributed by atoms with Crippen molar-refractivity contribution in [3.8, 4) is 0 Å². The molecule has 1 aliphatic heterocycles. The first-order valence-electron chi connectivity index (χ1n) is 6.74. The van der Waals surface area contributed by atoms with Crippen molar-refractivity contribution in [2.75, 3.05) is 5.32 Å². The van der Waals surface area contributed by atoms with Crippen molar-refractivity contribution >= 4 is 21.5 Å². The van der Waals surface area contributed by atoms with E-state index in [1.807, 2.05) is 0 Å². The van der Waals surface area contributed by atoms with Crippen LogP contribution >= 0.6 is 0 Å². The number of ether oxygens (including phenoxy) is 1. The lowest BCUT2D eigenvalue weighted by Gasteiger charge is -2.39. The Kier molecular flexibility index (Phi) is 5.08. The molecule has 24 heavy (non-hydrogen) atoms. The van der Waals surface area contributed by atoms with Crippen LogP contribution in [-0.2, 0) is 14.9 Å². The van der Waals surface area contributed by atoms with Crippen LogP contribution < -0.4 is 5.32 Å². The first-order chi connectivity index (χ1) is 11.0. The lowest BCUT2D eigenvalue weighted by atomic mass is 9.99. The summed E-state index contributed by atoms with van der Waals surface area (Å²) in [5.74, 6) is 0. The molecule has 12 heteroatoms. The van der Waals surface area contributed by atoms with Gasteiger partial charge in [0, 0.05) is 11.8 Å². The highest BCUT2D eigenvalue weighted by Gasteiger charge is 2.41. The van der Waals surface area contributed by atoms with Crippen LogP contribution in [0.15, 0.2) is 23.1 Å². The van der Waals surface area contributed by atoms with E-state index in [0.717, 1.165) is 18.2 Å². The topological polar surface area (TPSA) is 179 Å². The van der Waals surface area contributed by atoms with E-state index < -0.39 is 56.3 Å². The molecule has 1 heterocycles. The van der Waals surface area contributed by atoms with Gasteiger partial charge in [0.1, 0.15) is 18.3 Å². The van der Waals surface area contributed by atoms with E-state index >= 15 is 0 Å². The lowest BCUT2D eigenvalue weighted by Crippen LogP contribution is -2.58. The van der Waals surface area contributed by atoms with Gasteiger partial charge in [-0.05, 0) is 19.1 Å². The maximum atomic E-state index is 11.1. The highest BCUT2D eigenvalue weighted by atomic mass is 32.2. The zero-order valence-corrected chi connectivity index (χ0v) is 13.1. The Labute approximate surface area is 136 Å². The summed E-state index contributed by atoms with van der Waals surface area (Å²) in [6.07, 6.45) is -6.37. The number of anilines is 1. The smallest absolute Gasteiger partial charge is 0.301 e. The Morgan fingerprint density at radius 1 is 1.21 bits per heavy atom. The average molecular weight is 364 g/mol. The molecule has 0 spiro atoms. The zero-order valence-electron chi connectivity index (χ0n) is 12.3. The molecule has 1 aliphatic rings. The van der Waals surface area contributed by atoms with Gasteiger partial charge < -0.3 is 25.4 Å². The molecule has 0 saturated carbocycles. The van der Waals surface area contributed by atoms with Gasteiger partial charge in [-0.2, -0.15) is 8.42 Å². The second-order valence-corrected chi connectivity index (χ2v) is 6.68. The number of nitro benzene ring substituents is 1. The van der Waals surface area contributed by atoms with E-state index in [9.17, 15) is 33.9 Å². The third-order valence-electron chi connectivity index (χ3n) is 3.59. The van der Waals surface area contributed by atoms with Crippen LogP contribution in [0, 0.1) is 10.1 Å². The lowest BCUT2D eigenvalue weighted by molar-refractivity contribution is -0.387. The summed E-state index contributed by atoms with van der Waals surface area (Å²) < 4.78 is 36.5. The van der Waals surface area contributed by atoms with Crippen molar-refractivity contribution in [1.82, 2.24) is 0 Å². The van der Waals surface area contributed by atoms with E-state index in [-0.39, 0.29) is 5.69 Å². The van der Waals surface area contributed by atoms with Crippen molar-refractivity contribution in [3.05, 3.63) is 28.3 Å². The third kappa shape index (κ3) is 3.63. The first kappa shape index (κ1) is 18.5. The van der Waals surface area contributed by atoms with Crippen LogP contribution in [0.4, 0.5) is 11.4 Å². The number of aliphatic hydroxyl groups excluding tert-OH is 3. The minimum atomic E-state index is -4.79. The molecule has 1 aromatic carbocycles. The summed E-state index contributed by atoms with van der Waals surface area (Å²) in [5.41, 5.74) is -0.865. The van der Waals surface area contributed by atoms with Gasteiger partial charge in [-0.15, -0.1) is 0 Å². The Hall–Kier alpha value is -1.83. The van der Waals surface area contributed by atoms with Gasteiger partial charge in [-0.25, -0.2) is 0 Å². The second-order valence-electron chi connectivity index (χ2n) is 5.29. The molecule has 1 aromatic rings. The fraction of sp³-hybridized carbons (Fsp3) is 0.500. The van der Waals surface area contributed by atoms with Gasteiger partial charge in [0.05, 0.1) is 11.0 Å². The maximum absolute atomic E-state index is 11.1. The molecule has 5 unspecified atom stereocenters. The fourth-order valence-corrected chi connectivity index (χ4v) is 2.94. The standard InChI is InChI=1S/C12H16N2O9S/c1-5-9(15)10(16)11(17)12(23-5)13-6-2-3-8(24(20,21)22)7(4-6)14(18)19/h2-5,9-13,15-17H,1H3,(H,20,21,22). The minimum Gasteiger partial charge on any atom is -0.388 e. The molecule has 1 saturated heterocycles. The summed E-state index contributed by atoms with van der Waals surface area (Å²) in [7, 11) is -4.79. The Morgan fingerprint density at radius 3 is 2.38 bits per heavy atom.